The average molecular weight is 531 g/mol. The first-order valence-corrected chi connectivity index (χ1v) is 14.4. The summed E-state index contributed by atoms with van der Waals surface area (Å²) in [4.78, 5) is 53.3. The molecule has 4 fully saturated rings. The van der Waals surface area contributed by atoms with E-state index in [0.717, 1.165) is 43.1 Å². The number of hydrogen-bond donors (Lipinski definition) is 2. The number of carbonyl (C=O) groups excluding carboxylic acids is 4. The van der Waals surface area contributed by atoms with Gasteiger partial charge in [-0.05, 0) is 75.5 Å². The Morgan fingerprint density at radius 1 is 0.949 bits per heavy atom. The smallest absolute Gasteiger partial charge is 0.262 e. The fourth-order valence-corrected chi connectivity index (χ4v) is 6.54. The van der Waals surface area contributed by atoms with Crippen LogP contribution in [0.3, 0.4) is 0 Å². The third-order valence-electron chi connectivity index (χ3n) is 9.02. The van der Waals surface area contributed by atoms with Crippen molar-refractivity contribution in [1.29, 1.82) is 0 Å². The van der Waals surface area contributed by atoms with E-state index in [1.807, 2.05) is 6.07 Å². The molecule has 2 aromatic rings. The summed E-state index contributed by atoms with van der Waals surface area (Å²) in [6.07, 6.45) is 11.1. The SMILES string of the molecule is O=C1CCC(N2C(=O)c3ccc(NCC4CC(n5cc(N6CCCCC6)c(C6CC6)n5)C4)cc3C2=O)C(=O)N1. The summed E-state index contributed by atoms with van der Waals surface area (Å²) >= 11 is 0. The summed E-state index contributed by atoms with van der Waals surface area (Å²) in [6, 6.07) is 4.65. The Morgan fingerprint density at radius 2 is 1.72 bits per heavy atom. The zero-order chi connectivity index (χ0) is 26.7. The van der Waals surface area contributed by atoms with Crippen LogP contribution in [0, 0.1) is 5.92 Å². The number of imide groups is 2. The molecule has 1 aromatic carbocycles. The summed E-state index contributed by atoms with van der Waals surface area (Å²) in [6.45, 7) is 3.07. The van der Waals surface area contributed by atoms with Gasteiger partial charge >= 0.3 is 0 Å². The summed E-state index contributed by atoms with van der Waals surface area (Å²) in [5.41, 5.74) is 4.06. The molecule has 1 atom stereocenters. The summed E-state index contributed by atoms with van der Waals surface area (Å²) < 4.78 is 2.22. The minimum Gasteiger partial charge on any atom is -0.385 e. The number of fused-ring (bicyclic) bond motifs is 1. The quantitative estimate of drug-likeness (QED) is 0.528. The molecule has 5 aliphatic rings. The van der Waals surface area contributed by atoms with Crippen LogP contribution in [0.4, 0.5) is 11.4 Å². The number of nitrogens with one attached hydrogen (secondary N) is 2. The van der Waals surface area contributed by atoms with Crippen molar-refractivity contribution in [1.82, 2.24) is 20.0 Å². The first-order chi connectivity index (χ1) is 19.0. The lowest BCUT2D eigenvalue weighted by Gasteiger charge is -2.36. The Bertz CT molecular complexity index is 1350. The van der Waals surface area contributed by atoms with Gasteiger partial charge < -0.3 is 10.2 Å². The molecule has 4 heterocycles. The minimum atomic E-state index is -0.948. The number of rotatable bonds is 7. The molecule has 10 heteroatoms. The average Bonchev–Trinajstić information content (AvgIpc) is 3.62. The van der Waals surface area contributed by atoms with Gasteiger partial charge in [0.2, 0.25) is 11.8 Å². The van der Waals surface area contributed by atoms with Crippen molar-refractivity contribution in [2.24, 2.45) is 5.92 Å². The van der Waals surface area contributed by atoms with Gasteiger partial charge in [-0.15, -0.1) is 0 Å². The number of carbonyl (C=O) groups is 4. The fourth-order valence-electron chi connectivity index (χ4n) is 6.54. The first-order valence-electron chi connectivity index (χ1n) is 14.4. The Kier molecular flexibility index (Phi) is 5.93. The van der Waals surface area contributed by atoms with Gasteiger partial charge in [-0.1, -0.05) is 0 Å². The van der Waals surface area contributed by atoms with E-state index in [1.165, 1.54) is 43.5 Å². The molecule has 10 nitrogen and oxygen atoms in total. The molecule has 7 rings (SSSR count). The minimum absolute atomic E-state index is 0.110. The van der Waals surface area contributed by atoms with E-state index in [9.17, 15) is 19.2 Å². The first kappa shape index (κ1) is 24.4. The van der Waals surface area contributed by atoms with Crippen LogP contribution in [-0.4, -0.2) is 64.0 Å². The van der Waals surface area contributed by atoms with E-state index >= 15 is 0 Å². The van der Waals surface area contributed by atoms with Gasteiger partial charge in [-0.3, -0.25) is 34.1 Å². The highest BCUT2D eigenvalue weighted by Crippen LogP contribution is 2.46. The molecule has 2 saturated heterocycles. The van der Waals surface area contributed by atoms with E-state index in [-0.39, 0.29) is 18.7 Å². The second kappa shape index (κ2) is 9.50. The van der Waals surface area contributed by atoms with E-state index in [4.69, 9.17) is 5.10 Å². The lowest BCUT2D eigenvalue weighted by atomic mass is 9.80. The molecule has 0 radical (unpaired) electrons. The van der Waals surface area contributed by atoms with Crippen LogP contribution in [-0.2, 0) is 9.59 Å². The van der Waals surface area contributed by atoms with Gasteiger partial charge in [-0.25, -0.2) is 0 Å². The lowest BCUT2D eigenvalue weighted by Crippen LogP contribution is -2.54. The molecule has 3 aliphatic heterocycles. The van der Waals surface area contributed by atoms with Gasteiger partial charge in [-0.2, -0.15) is 5.10 Å². The third-order valence-corrected chi connectivity index (χ3v) is 9.02. The highest BCUT2D eigenvalue weighted by Gasteiger charge is 2.44. The van der Waals surface area contributed by atoms with Gasteiger partial charge in [0.25, 0.3) is 11.8 Å². The van der Waals surface area contributed by atoms with Crippen LogP contribution >= 0.6 is 0 Å². The van der Waals surface area contributed by atoms with Crippen LogP contribution < -0.4 is 15.5 Å². The maximum absolute atomic E-state index is 13.1. The normalized spacial score (nSPS) is 26.9. The van der Waals surface area contributed by atoms with Crippen molar-refractivity contribution in [3.8, 4) is 0 Å². The van der Waals surface area contributed by atoms with Gasteiger partial charge in [0, 0.05) is 43.9 Å². The molecule has 0 bridgehead atoms. The molecule has 2 aliphatic carbocycles. The van der Waals surface area contributed by atoms with Crippen LogP contribution in [0.2, 0.25) is 0 Å². The summed E-state index contributed by atoms with van der Waals surface area (Å²) in [5.74, 6) is -0.786. The summed E-state index contributed by atoms with van der Waals surface area (Å²) in [7, 11) is 0. The molecule has 4 amide bonds. The predicted molar refractivity (Wildman–Crippen MR) is 144 cm³/mol. The van der Waals surface area contributed by atoms with Crippen LogP contribution in [0.1, 0.15) is 96.2 Å². The lowest BCUT2D eigenvalue weighted by molar-refractivity contribution is -0.136. The zero-order valence-corrected chi connectivity index (χ0v) is 22.0. The highest BCUT2D eigenvalue weighted by atomic mass is 16.2. The van der Waals surface area contributed by atoms with Crippen LogP contribution in [0.5, 0.6) is 0 Å². The van der Waals surface area contributed by atoms with Crippen molar-refractivity contribution in [3.05, 3.63) is 41.2 Å². The second-order valence-corrected chi connectivity index (χ2v) is 11.8. The van der Waals surface area contributed by atoms with E-state index in [1.54, 1.807) is 12.1 Å². The number of piperidine rings is 2. The van der Waals surface area contributed by atoms with Crippen molar-refractivity contribution < 1.29 is 19.2 Å². The molecule has 204 valence electrons. The van der Waals surface area contributed by atoms with Gasteiger partial charge in [0.05, 0.1) is 28.6 Å². The second-order valence-electron chi connectivity index (χ2n) is 11.8. The predicted octanol–water partition coefficient (Wildman–Crippen LogP) is 3.22. The van der Waals surface area contributed by atoms with Crippen molar-refractivity contribution in [2.75, 3.05) is 29.9 Å². The molecular formula is C29H34N6O4. The largest absolute Gasteiger partial charge is 0.385 e. The maximum Gasteiger partial charge on any atom is 0.262 e. The topological polar surface area (TPSA) is 117 Å². The number of nitrogens with zero attached hydrogens (tertiary/aromatic N) is 4. The molecule has 2 saturated carbocycles. The van der Waals surface area contributed by atoms with Crippen molar-refractivity contribution in [2.45, 2.75) is 75.8 Å². The zero-order valence-electron chi connectivity index (χ0n) is 22.0. The number of hydrogen-bond acceptors (Lipinski definition) is 7. The molecule has 2 N–H and O–H groups in total. The van der Waals surface area contributed by atoms with Crippen molar-refractivity contribution >= 4 is 35.0 Å². The van der Waals surface area contributed by atoms with Crippen LogP contribution in [0.25, 0.3) is 0 Å². The molecule has 1 aromatic heterocycles. The Hall–Kier alpha value is -3.69. The van der Waals surface area contributed by atoms with Crippen LogP contribution in [0.15, 0.2) is 24.4 Å². The van der Waals surface area contributed by atoms with Gasteiger partial charge in [0.15, 0.2) is 0 Å². The van der Waals surface area contributed by atoms with E-state index in [0.29, 0.717) is 29.0 Å². The molecule has 0 spiro atoms. The monoisotopic (exact) mass is 530 g/mol. The van der Waals surface area contributed by atoms with Gasteiger partial charge in [0.1, 0.15) is 6.04 Å². The number of amides is 4. The number of benzene rings is 1. The standard InChI is InChI=1S/C29H34N6O4/c36-25-9-8-23(27(37)31-25)35-28(38)21-7-6-19(14-22(21)29(35)39)30-15-17-12-20(13-17)34-16-24(26(32-34)18-4-5-18)33-10-2-1-3-11-33/h6-7,14,16-18,20,23,30H,1-5,8-13,15H2,(H,31,36,37). The Morgan fingerprint density at radius 3 is 2.46 bits per heavy atom. The maximum atomic E-state index is 13.1. The Balaban J connectivity index is 0.970. The molecule has 1 unspecified atom stereocenters. The molecular weight excluding hydrogens is 496 g/mol. The molecule has 39 heavy (non-hydrogen) atoms. The third kappa shape index (κ3) is 4.39. The highest BCUT2D eigenvalue weighted by molar-refractivity contribution is 6.23. The summed E-state index contributed by atoms with van der Waals surface area (Å²) in [5, 5.41) is 10.7. The fraction of sp³-hybridized carbons (Fsp3) is 0.552. The van der Waals surface area contributed by atoms with E-state index in [2.05, 4.69) is 26.4 Å². The Labute approximate surface area is 227 Å². The van der Waals surface area contributed by atoms with Crippen molar-refractivity contribution in [3.63, 3.8) is 0 Å². The van der Waals surface area contributed by atoms with E-state index < -0.39 is 23.8 Å². The number of anilines is 2. The number of aromatic nitrogens is 2.